The van der Waals surface area contributed by atoms with Crippen LogP contribution in [0.1, 0.15) is 10.4 Å². The lowest BCUT2D eigenvalue weighted by Crippen LogP contribution is -2.24. The fourth-order valence-electron chi connectivity index (χ4n) is 2.79. The van der Waals surface area contributed by atoms with Crippen molar-refractivity contribution in [2.45, 2.75) is 0 Å². The minimum Gasteiger partial charge on any atom is -0.497 e. The van der Waals surface area contributed by atoms with Gasteiger partial charge in [-0.2, -0.15) is 4.99 Å². The number of carbonyl (C=O) groups is 1. The molecule has 0 aliphatic carbocycles. The van der Waals surface area contributed by atoms with E-state index in [-0.39, 0.29) is 5.91 Å². The Morgan fingerprint density at radius 1 is 1.36 bits per heavy atom. The normalized spacial score (nSPS) is 15.9. The SMILES string of the molecule is COc1cccc(N2CCS/C2=N\C(=O)c2c[nH]c3ncccc23)c1. The zero-order chi connectivity index (χ0) is 17.2. The maximum absolute atomic E-state index is 12.7. The summed E-state index contributed by atoms with van der Waals surface area (Å²) in [6.07, 6.45) is 3.36. The molecule has 0 unspecified atom stereocenters. The largest absolute Gasteiger partial charge is 0.497 e. The molecule has 0 radical (unpaired) electrons. The van der Waals surface area contributed by atoms with Crippen molar-refractivity contribution in [1.29, 1.82) is 0 Å². The van der Waals surface area contributed by atoms with Gasteiger partial charge >= 0.3 is 0 Å². The number of carbonyl (C=O) groups excluding carboxylic acids is 1. The van der Waals surface area contributed by atoms with Gasteiger partial charge in [0, 0.05) is 41.8 Å². The quantitative estimate of drug-likeness (QED) is 0.783. The molecule has 2 aromatic heterocycles. The fraction of sp³-hybridized carbons (Fsp3) is 0.167. The van der Waals surface area contributed by atoms with E-state index >= 15 is 0 Å². The number of hydrogen-bond acceptors (Lipinski definition) is 4. The number of aliphatic imine (C=N–C) groups is 1. The van der Waals surface area contributed by atoms with Crippen LogP contribution in [0.5, 0.6) is 5.75 Å². The molecule has 1 aliphatic rings. The number of ether oxygens (including phenoxy) is 1. The van der Waals surface area contributed by atoms with Crippen molar-refractivity contribution in [3.05, 3.63) is 54.4 Å². The fourth-order valence-corrected chi connectivity index (χ4v) is 3.75. The van der Waals surface area contributed by atoms with E-state index in [4.69, 9.17) is 4.74 Å². The minimum atomic E-state index is -0.267. The molecule has 3 heterocycles. The first-order chi connectivity index (χ1) is 12.3. The van der Waals surface area contributed by atoms with Crippen LogP contribution in [0, 0.1) is 0 Å². The lowest BCUT2D eigenvalue weighted by molar-refractivity contribution is 0.100. The second-order valence-corrected chi connectivity index (χ2v) is 6.57. The molecular formula is C18H16N4O2S. The predicted molar refractivity (Wildman–Crippen MR) is 101 cm³/mol. The van der Waals surface area contributed by atoms with Gasteiger partial charge in [0.15, 0.2) is 5.17 Å². The third kappa shape index (κ3) is 2.98. The Kier molecular flexibility index (Phi) is 4.15. The summed E-state index contributed by atoms with van der Waals surface area (Å²) in [6.45, 7) is 0.805. The smallest absolute Gasteiger partial charge is 0.281 e. The number of rotatable bonds is 3. The van der Waals surface area contributed by atoms with Crippen LogP contribution in [0.2, 0.25) is 0 Å². The number of fused-ring (bicyclic) bond motifs is 1. The van der Waals surface area contributed by atoms with Crippen molar-refractivity contribution in [3.8, 4) is 5.75 Å². The first-order valence-corrected chi connectivity index (χ1v) is 8.84. The maximum atomic E-state index is 12.7. The van der Waals surface area contributed by atoms with Crippen LogP contribution in [0.25, 0.3) is 11.0 Å². The Morgan fingerprint density at radius 2 is 2.28 bits per heavy atom. The average molecular weight is 352 g/mol. The molecule has 1 aromatic carbocycles. The Bertz CT molecular complexity index is 966. The molecule has 0 bridgehead atoms. The standard InChI is InChI=1S/C18H16N4O2S/c1-24-13-5-2-4-12(10-13)22-8-9-25-18(22)21-17(23)15-11-20-16-14(15)6-3-7-19-16/h2-7,10-11H,8-9H2,1H3,(H,19,20)/b21-18-. The number of nitrogens with one attached hydrogen (secondary N) is 1. The van der Waals surface area contributed by atoms with Crippen LogP contribution in [-0.2, 0) is 0 Å². The van der Waals surface area contributed by atoms with Gasteiger partial charge in [0.25, 0.3) is 5.91 Å². The van der Waals surface area contributed by atoms with Gasteiger partial charge in [-0.15, -0.1) is 0 Å². The summed E-state index contributed by atoms with van der Waals surface area (Å²) in [5, 5.41) is 1.49. The summed E-state index contributed by atoms with van der Waals surface area (Å²) in [5.74, 6) is 1.40. The molecule has 3 aromatic rings. The van der Waals surface area contributed by atoms with E-state index in [1.54, 1.807) is 31.3 Å². The first-order valence-electron chi connectivity index (χ1n) is 7.86. The summed E-state index contributed by atoms with van der Waals surface area (Å²) >= 11 is 1.58. The zero-order valence-corrected chi connectivity index (χ0v) is 14.4. The van der Waals surface area contributed by atoms with Crippen LogP contribution < -0.4 is 9.64 Å². The molecule has 0 atom stereocenters. The highest BCUT2D eigenvalue weighted by molar-refractivity contribution is 8.14. The highest BCUT2D eigenvalue weighted by Crippen LogP contribution is 2.29. The van der Waals surface area contributed by atoms with Gasteiger partial charge in [-0.1, -0.05) is 17.8 Å². The number of H-pyrrole nitrogens is 1. The minimum absolute atomic E-state index is 0.267. The lowest BCUT2D eigenvalue weighted by atomic mass is 10.2. The molecule has 0 spiro atoms. The highest BCUT2D eigenvalue weighted by Gasteiger charge is 2.23. The third-order valence-electron chi connectivity index (χ3n) is 4.02. The van der Waals surface area contributed by atoms with Crippen molar-refractivity contribution in [3.63, 3.8) is 0 Å². The van der Waals surface area contributed by atoms with Gasteiger partial charge in [0.2, 0.25) is 0 Å². The van der Waals surface area contributed by atoms with E-state index < -0.39 is 0 Å². The summed E-state index contributed by atoms with van der Waals surface area (Å²) < 4.78 is 5.29. The molecule has 126 valence electrons. The molecule has 25 heavy (non-hydrogen) atoms. The molecule has 7 heteroatoms. The van der Waals surface area contributed by atoms with E-state index in [0.717, 1.165) is 29.1 Å². The number of nitrogens with zero attached hydrogens (tertiary/aromatic N) is 3. The van der Waals surface area contributed by atoms with Crippen molar-refractivity contribution < 1.29 is 9.53 Å². The number of aromatic amines is 1. The second-order valence-electron chi connectivity index (χ2n) is 5.50. The van der Waals surface area contributed by atoms with Crippen molar-refractivity contribution in [2.75, 3.05) is 24.3 Å². The van der Waals surface area contributed by atoms with E-state index in [1.165, 1.54) is 0 Å². The highest BCUT2D eigenvalue weighted by atomic mass is 32.2. The van der Waals surface area contributed by atoms with E-state index in [0.29, 0.717) is 16.4 Å². The van der Waals surface area contributed by atoms with Crippen molar-refractivity contribution >= 4 is 39.6 Å². The molecule has 1 N–H and O–H groups in total. The van der Waals surface area contributed by atoms with Gasteiger partial charge in [-0.25, -0.2) is 4.98 Å². The first kappa shape index (κ1) is 15.7. The maximum Gasteiger partial charge on any atom is 0.281 e. The van der Waals surface area contributed by atoms with E-state index in [2.05, 4.69) is 15.0 Å². The monoisotopic (exact) mass is 352 g/mol. The summed E-state index contributed by atoms with van der Waals surface area (Å²) in [6, 6.07) is 11.4. The summed E-state index contributed by atoms with van der Waals surface area (Å²) in [7, 11) is 1.64. The number of amides is 1. The molecule has 1 amide bonds. The van der Waals surface area contributed by atoms with Gasteiger partial charge in [-0.05, 0) is 24.3 Å². The average Bonchev–Trinajstić information content (AvgIpc) is 3.28. The number of thioether (sulfide) groups is 1. The molecular weight excluding hydrogens is 336 g/mol. The Morgan fingerprint density at radius 3 is 3.16 bits per heavy atom. The van der Waals surface area contributed by atoms with Crippen LogP contribution in [0.3, 0.4) is 0 Å². The number of benzene rings is 1. The molecule has 1 fully saturated rings. The molecule has 6 nitrogen and oxygen atoms in total. The van der Waals surface area contributed by atoms with Gasteiger partial charge in [0.05, 0.1) is 12.7 Å². The van der Waals surface area contributed by atoms with Crippen LogP contribution in [0.4, 0.5) is 5.69 Å². The predicted octanol–water partition coefficient (Wildman–Crippen LogP) is 3.32. The Balaban J connectivity index is 1.66. The topological polar surface area (TPSA) is 70.6 Å². The van der Waals surface area contributed by atoms with Crippen LogP contribution >= 0.6 is 11.8 Å². The number of methoxy groups -OCH3 is 1. The van der Waals surface area contributed by atoms with Crippen molar-refractivity contribution in [1.82, 2.24) is 9.97 Å². The van der Waals surface area contributed by atoms with E-state index in [9.17, 15) is 4.79 Å². The Labute approximate surface area is 148 Å². The number of hydrogen-bond donors (Lipinski definition) is 1. The van der Waals surface area contributed by atoms with Crippen molar-refractivity contribution in [2.24, 2.45) is 4.99 Å². The molecule has 1 saturated heterocycles. The summed E-state index contributed by atoms with van der Waals surface area (Å²) in [4.78, 5) is 26.3. The third-order valence-corrected chi connectivity index (χ3v) is 4.98. The summed E-state index contributed by atoms with van der Waals surface area (Å²) in [5.41, 5.74) is 2.19. The number of aromatic nitrogens is 2. The molecule has 0 saturated carbocycles. The van der Waals surface area contributed by atoms with E-state index in [1.807, 2.05) is 41.3 Å². The zero-order valence-electron chi connectivity index (χ0n) is 13.6. The second kappa shape index (κ2) is 6.60. The van der Waals surface area contributed by atoms with Crippen LogP contribution in [0.15, 0.2) is 53.8 Å². The molecule has 1 aliphatic heterocycles. The van der Waals surface area contributed by atoms with Gasteiger partial charge in [-0.3, -0.25) is 4.79 Å². The Hall–Kier alpha value is -2.80. The molecule has 4 rings (SSSR count). The lowest BCUT2D eigenvalue weighted by Gasteiger charge is -2.18. The number of amidine groups is 1. The van der Waals surface area contributed by atoms with Gasteiger partial charge in [0.1, 0.15) is 11.4 Å². The number of pyridine rings is 1. The number of anilines is 1. The van der Waals surface area contributed by atoms with Crippen LogP contribution in [-0.4, -0.2) is 40.5 Å². The van der Waals surface area contributed by atoms with Gasteiger partial charge < -0.3 is 14.6 Å².